The Morgan fingerprint density at radius 3 is 2.35 bits per heavy atom. The summed E-state index contributed by atoms with van der Waals surface area (Å²) < 4.78 is 50.6. The van der Waals surface area contributed by atoms with Crippen molar-refractivity contribution in [3.05, 3.63) is 107 Å². The largest absolute Gasteiger partial charge is 0.497 e. The highest BCUT2D eigenvalue weighted by Crippen LogP contribution is 2.34. The predicted octanol–water partition coefficient (Wildman–Crippen LogP) is 6.66. The van der Waals surface area contributed by atoms with E-state index in [9.17, 15) is 9.18 Å². The molecule has 1 saturated heterocycles. The van der Waals surface area contributed by atoms with E-state index in [-0.39, 0.29) is 31.5 Å². The molecule has 0 N–H and O–H groups in total. The summed E-state index contributed by atoms with van der Waals surface area (Å²) in [6, 6.07) is 20.0. The van der Waals surface area contributed by atoms with Crippen LogP contribution in [0.15, 0.2) is 72.9 Å². The summed E-state index contributed by atoms with van der Waals surface area (Å²) in [5.74, 6) is 1.06. The number of carbonyl (C=O) groups excluding carboxylic acids is 1. The van der Waals surface area contributed by atoms with Gasteiger partial charge in [0, 0.05) is 44.0 Å². The summed E-state index contributed by atoms with van der Waals surface area (Å²) >= 11 is 0. The molecule has 0 aliphatic carbocycles. The van der Waals surface area contributed by atoms with E-state index < -0.39 is 21.7 Å². The fourth-order valence-electron chi connectivity index (χ4n) is 6.62. The van der Waals surface area contributed by atoms with Crippen molar-refractivity contribution in [2.45, 2.75) is 39.8 Å². The molecule has 1 aliphatic heterocycles. The summed E-state index contributed by atoms with van der Waals surface area (Å²) in [7, 11) is 0.809. The molecule has 6 aromatic rings. The summed E-state index contributed by atoms with van der Waals surface area (Å²) in [5, 5.41) is 4.75. The molecule has 0 saturated carbocycles. The van der Waals surface area contributed by atoms with Crippen molar-refractivity contribution >= 4 is 44.7 Å². The number of benzene rings is 3. The summed E-state index contributed by atoms with van der Waals surface area (Å²) in [4.78, 5) is 33.6. The van der Waals surface area contributed by atoms with Gasteiger partial charge in [-0.05, 0) is 60.6 Å². The maximum Gasteiger partial charge on any atom is 0.410 e. The molecule has 0 spiro atoms. The van der Waals surface area contributed by atoms with E-state index in [1.54, 1.807) is 27.3 Å². The molecule has 302 valence electrons. The third-order valence-electron chi connectivity index (χ3n) is 9.92. The van der Waals surface area contributed by atoms with Crippen LogP contribution in [0.4, 0.5) is 25.5 Å². The van der Waals surface area contributed by atoms with Gasteiger partial charge in [0.05, 0.1) is 32.0 Å². The molecule has 1 aliphatic rings. The van der Waals surface area contributed by atoms with Crippen LogP contribution >= 0.6 is 10.0 Å². The van der Waals surface area contributed by atoms with E-state index in [2.05, 4.69) is 28.7 Å². The fourth-order valence-corrected chi connectivity index (χ4v) is 7.24. The predicted molar refractivity (Wildman–Crippen MR) is 219 cm³/mol. The molecule has 0 bridgehead atoms. The molecule has 7 rings (SSSR count). The van der Waals surface area contributed by atoms with E-state index in [1.165, 1.54) is 6.07 Å². The number of methoxy groups -OCH3 is 1. The number of hydrogen-bond acceptors (Lipinski definition) is 10. The Balaban J connectivity index is 1.23. The third-order valence-corrected chi connectivity index (χ3v) is 11.3. The number of ether oxygens (including phenoxy) is 3. The number of rotatable bonds is 15. The lowest BCUT2D eigenvalue weighted by molar-refractivity contribution is 0.0903. The molecule has 0 unspecified atom stereocenters. The van der Waals surface area contributed by atoms with Crippen LogP contribution in [0.2, 0.25) is 0 Å². The average molecular weight is 802 g/mol. The number of nitrogens with zero attached hydrogens (tertiary/aromatic N) is 9. The number of anilines is 2. The van der Waals surface area contributed by atoms with Crippen molar-refractivity contribution < 1.29 is 27.8 Å². The summed E-state index contributed by atoms with van der Waals surface area (Å²) in [6.45, 7) is 5.18. The molecule has 16 heteroatoms. The van der Waals surface area contributed by atoms with Crippen molar-refractivity contribution in [1.29, 1.82) is 0 Å². The highest BCUT2D eigenvalue weighted by atomic mass is 32.3. The number of fused-ring (bicyclic) bond motifs is 2. The van der Waals surface area contributed by atoms with Crippen molar-refractivity contribution in [3.63, 3.8) is 0 Å². The SMILES string of the molecule is CCc1cnn2c(N(Cc3ccc(OC)cc3)Cc3nc4c(F)c(F)ccc4n3COCCS(C)(C)C)nc(N3CCN(C(=O)OCc4ccccc4)CC3)nc12. The maximum atomic E-state index is 15.3. The van der Waals surface area contributed by atoms with Crippen LogP contribution in [0.25, 0.3) is 16.7 Å². The van der Waals surface area contributed by atoms with Gasteiger partial charge in [-0.1, -0.05) is 49.4 Å². The van der Waals surface area contributed by atoms with Crippen LogP contribution < -0.4 is 14.5 Å². The fraction of sp³-hybridized carbons (Fsp3) is 0.390. The number of carbonyl (C=O) groups is 1. The van der Waals surface area contributed by atoms with E-state index >= 15 is 4.39 Å². The molecule has 1 amide bonds. The van der Waals surface area contributed by atoms with Crippen LogP contribution in [0.3, 0.4) is 0 Å². The molecule has 0 atom stereocenters. The number of aromatic nitrogens is 6. The van der Waals surface area contributed by atoms with Gasteiger partial charge in [0.15, 0.2) is 17.3 Å². The maximum absolute atomic E-state index is 15.3. The second-order valence-corrected chi connectivity index (χ2v) is 19.4. The quantitative estimate of drug-likeness (QED) is 0.105. The monoisotopic (exact) mass is 801 g/mol. The van der Waals surface area contributed by atoms with Gasteiger partial charge in [0.1, 0.15) is 30.4 Å². The number of hydrogen-bond donors (Lipinski definition) is 0. The third kappa shape index (κ3) is 9.23. The molecular weight excluding hydrogens is 753 g/mol. The number of aryl methyl sites for hydroxylation is 1. The number of imidazole rings is 1. The number of halogens is 2. The van der Waals surface area contributed by atoms with Gasteiger partial charge >= 0.3 is 6.09 Å². The Kier molecular flexibility index (Phi) is 12.1. The second kappa shape index (κ2) is 17.3. The first kappa shape index (κ1) is 39.7. The number of amides is 1. The van der Waals surface area contributed by atoms with Crippen LogP contribution in [0.5, 0.6) is 5.75 Å². The zero-order valence-corrected chi connectivity index (χ0v) is 33.8. The van der Waals surface area contributed by atoms with Gasteiger partial charge in [-0.3, -0.25) is 0 Å². The van der Waals surface area contributed by atoms with E-state index in [0.717, 1.165) is 28.5 Å². The minimum absolute atomic E-state index is 0.0690. The van der Waals surface area contributed by atoms with Gasteiger partial charge in [-0.2, -0.15) is 19.6 Å². The van der Waals surface area contributed by atoms with Crippen molar-refractivity contribution in [1.82, 2.24) is 34.0 Å². The summed E-state index contributed by atoms with van der Waals surface area (Å²) in [6.07, 6.45) is 8.78. The molecule has 3 aromatic carbocycles. The highest BCUT2D eigenvalue weighted by Gasteiger charge is 2.28. The molecule has 3 aromatic heterocycles. The molecule has 4 heterocycles. The Hall–Kier alpha value is -5.48. The topological polar surface area (TPSA) is 115 Å². The Morgan fingerprint density at radius 1 is 0.895 bits per heavy atom. The van der Waals surface area contributed by atoms with Crippen molar-refractivity contribution in [2.75, 3.05) is 74.2 Å². The highest BCUT2D eigenvalue weighted by molar-refractivity contribution is 8.32. The van der Waals surface area contributed by atoms with Crippen LogP contribution in [0.1, 0.15) is 29.4 Å². The normalized spacial score (nSPS) is 13.7. The smallest absolute Gasteiger partial charge is 0.410 e. The lowest BCUT2D eigenvalue weighted by Crippen LogP contribution is -2.49. The molecule has 1 fully saturated rings. The van der Waals surface area contributed by atoms with Gasteiger partial charge in [0.2, 0.25) is 11.9 Å². The summed E-state index contributed by atoms with van der Waals surface area (Å²) in [5.41, 5.74) is 3.81. The van der Waals surface area contributed by atoms with Crippen molar-refractivity contribution in [3.8, 4) is 5.75 Å². The minimum atomic E-state index is -1.01. The standard InChI is InChI=1S/C41H49F2N9O4S/c1-6-31-24-44-52-38(31)46-39(48-18-20-49(21-19-48)41(53)56-27-30-10-8-7-9-11-30)47-40(52)50(25-29-12-14-32(54-2)15-13-29)26-35-45-37-34(17-16-33(42)36(37)43)51(35)28-55-22-23-57(3,4)5/h7-17,24H,6,18-23,25-28H2,1-5H3. The molecule has 0 radical (unpaired) electrons. The van der Waals surface area contributed by atoms with Crippen LogP contribution in [-0.4, -0.2) is 105 Å². The number of piperazine rings is 1. The van der Waals surface area contributed by atoms with Gasteiger partial charge < -0.3 is 33.5 Å². The first-order chi connectivity index (χ1) is 27.5. The average Bonchev–Trinajstić information content (AvgIpc) is 3.80. The molecule has 57 heavy (non-hydrogen) atoms. The Bertz CT molecular complexity index is 2310. The van der Waals surface area contributed by atoms with E-state index in [1.807, 2.05) is 66.4 Å². The zero-order chi connectivity index (χ0) is 40.1. The Morgan fingerprint density at radius 2 is 1.65 bits per heavy atom. The van der Waals surface area contributed by atoms with Gasteiger partial charge in [-0.15, -0.1) is 0 Å². The van der Waals surface area contributed by atoms with Crippen LogP contribution in [0, 0.1) is 11.6 Å². The van der Waals surface area contributed by atoms with E-state index in [4.69, 9.17) is 29.3 Å². The first-order valence-electron chi connectivity index (χ1n) is 18.9. The molecule has 13 nitrogen and oxygen atoms in total. The molecular formula is C41H49F2N9O4S. The Labute approximate surface area is 332 Å². The van der Waals surface area contributed by atoms with Crippen LogP contribution in [-0.2, 0) is 42.3 Å². The lowest BCUT2D eigenvalue weighted by atomic mass is 10.2. The first-order valence-corrected chi connectivity index (χ1v) is 21.9. The second-order valence-electron chi connectivity index (χ2n) is 14.8. The van der Waals surface area contributed by atoms with Crippen molar-refractivity contribution in [2.24, 2.45) is 0 Å². The minimum Gasteiger partial charge on any atom is -0.497 e. The van der Waals surface area contributed by atoms with Gasteiger partial charge in [-0.25, -0.2) is 28.6 Å². The lowest BCUT2D eigenvalue weighted by Gasteiger charge is -2.34. The van der Waals surface area contributed by atoms with Gasteiger partial charge in [0.25, 0.3) is 0 Å². The zero-order valence-electron chi connectivity index (χ0n) is 33.0. The van der Waals surface area contributed by atoms with E-state index in [0.29, 0.717) is 80.4 Å².